The molecule has 218 valence electrons. The molecule has 0 saturated heterocycles. The molecule has 0 aliphatic rings. The van der Waals surface area contributed by atoms with Gasteiger partial charge in [0.05, 0.1) is 31.2 Å². The smallest absolute Gasteiger partial charge is 0.197 e. The SMILES string of the molecule is C#CCCc1cnc(N)[nH]1.Cl.Cl.Nc1ncc(CCCc2cn(Cc3ccsc3)nn2)[nH]1.[N-]=[N+]=NCc1ccsc1. The van der Waals surface area contributed by atoms with E-state index in [0.29, 0.717) is 18.4 Å². The lowest BCUT2D eigenvalue weighted by molar-refractivity contribution is 0.650. The topological polar surface area (TPSA) is 189 Å². The number of hydrogen-bond donors (Lipinski definition) is 4. The molecule has 41 heavy (non-hydrogen) atoms. The van der Waals surface area contributed by atoms with Crippen molar-refractivity contribution in [3.63, 3.8) is 0 Å². The molecule has 16 heteroatoms. The van der Waals surface area contributed by atoms with Gasteiger partial charge in [0.25, 0.3) is 0 Å². The fourth-order valence-corrected chi connectivity index (χ4v) is 4.59. The van der Waals surface area contributed by atoms with Crippen LogP contribution in [0.4, 0.5) is 11.9 Å². The van der Waals surface area contributed by atoms with Crippen molar-refractivity contribution in [1.82, 2.24) is 34.9 Å². The van der Waals surface area contributed by atoms with E-state index in [0.717, 1.165) is 61.3 Å². The van der Waals surface area contributed by atoms with E-state index in [1.165, 1.54) is 5.56 Å². The minimum absolute atomic E-state index is 0. The van der Waals surface area contributed by atoms with Gasteiger partial charge in [-0.15, -0.1) is 42.3 Å². The van der Waals surface area contributed by atoms with Gasteiger partial charge in [-0.3, -0.25) is 0 Å². The zero-order valence-corrected chi connectivity index (χ0v) is 25.4. The van der Waals surface area contributed by atoms with Gasteiger partial charge in [0, 0.05) is 35.3 Å². The van der Waals surface area contributed by atoms with E-state index < -0.39 is 0 Å². The van der Waals surface area contributed by atoms with Gasteiger partial charge in [-0.25, -0.2) is 14.6 Å². The van der Waals surface area contributed by atoms with Gasteiger partial charge in [0.2, 0.25) is 0 Å². The molecule has 5 aromatic rings. The summed E-state index contributed by atoms with van der Waals surface area (Å²) in [4.78, 5) is 16.3. The third-order valence-corrected chi connectivity index (χ3v) is 6.59. The number of halogens is 2. The van der Waals surface area contributed by atoms with Crippen molar-refractivity contribution >= 4 is 59.4 Å². The van der Waals surface area contributed by atoms with Gasteiger partial charge in [-0.2, -0.15) is 22.7 Å². The largest absolute Gasteiger partial charge is 0.369 e. The number of nitrogens with one attached hydrogen (secondary N) is 2. The molecule has 5 rings (SSSR count). The monoisotopic (exact) mass is 634 g/mol. The zero-order chi connectivity index (χ0) is 27.7. The molecule has 0 saturated carbocycles. The zero-order valence-electron chi connectivity index (χ0n) is 22.1. The Hall–Kier alpha value is -3.99. The summed E-state index contributed by atoms with van der Waals surface area (Å²) in [6.45, 7) is 1.26. The Balaban J connectivity index is 0.000000339. The number of aromatic nitrogens is 7. The van der Waals surface area contributed by atoms with Crippen molar-refractivity contribution in [1.29, 1.82) is 0 Å². The number of hydrogen-bond acceptors (Lipinski definition) is 9. The molecule has 0 bridgehead atoms. The number of anilines is 2. The maximum absolute atomic E-state index is 7.93. The number of imidazole rings is 2. The number of aromatic amines is 2. The fraction of sp³-hybridized carbons (Fsp3) is 0.280. The summed E-state index contributed by atoms with van der Waals surface area (Å²) in [5, 5.41) is 19.9. The lowest BCUT2D eigenvalue weighted by Crippen LogP contribution is -1.98. The normalized spacial score (nSPS) is 9.44. The predicted octanol–water partition coefficient (Wildman–Crippen LogP) is 5.83. The van der Waals surface area contributed by atoms with E-state index >= 15 is 0 Å². The summed E-state index contributed by atoms with van der Waals surface area (Å²) in [6, 6.07) is 4.05. The van der Waals surface area contributed by atoms with E-state index in [1.54, 1.807) is 35.1 Å². The number of H-pyrrole nitrogens is 2. The number of aryl methyl sites for hydroxylation is 3. The Morgan fingerprint density at radius 3 is 2.15 bits per heavy atom. The summed E-state index contributed by atoms with van der Waals surface area (Å²) in [7, 11) is 0. The van der Waals surface area contributed by atoms with E-state index in [4.69, 9.17) is 23.4 Å². The molecule has 0 radical (unpaired) electrons. The van der Waals surface area contributed by atoms with Crippen LogP contribution in [-0.4, -0.2) is 34.9 Å². The van der Waals surface area contributed by atoms with Crippen molar-refractivity contribution in [2.75, 3.05) is 11.5 Å². The number of thiophene rings is 2. The molecule has 0 amide bonds. The molecule has 6 N–H and O–H groups in total. The van der Waals surface area contributed by atoms with Gasteiger partial charge in [0.15, 0.2) is 11.9 Å². The summed E-state index contributed by atoms with van der Waals surface area (Å²) in [5.74, 6) is 3.46. The first-order valence-corrected chi connectivity index (χ1v) is 13.9. The molecule has 0 fully saturated rings. The van der Waals surface area contributed by atoms with Crippen molar-refractivity contribution in [2.45, 2.75) is 45.2 Å². The van der Waals surface area contributed by atoms with E-state index in [9.17, 15) is 0 Å². The average Bonchev–Trinajstić information content (AvgIpc) is 3.76. The highest BCUT2D eigenvalue weighted by molar-refractivity contribution is 7.08. The minimum Gasteiger partial charge on any atom is -0.369 e. The molecule has 0 spiro atoms. The van der Waals surface area contributed by atoms with Crippen LogP contribution in [0.15, 0.2) is 57.4 Å². The Labute approximate surface area is 258 Å². The second kappa shape index (κ2) is 20.0. The van der Waals surface area contributed by atoms with E-state index in [-0.39, 0.29) is 24.8 Å². The van der Waals surface area contributed by atoms with Crippen LogP contribution in [0.1, 0.15) is 41.1 Å². The molecule has 5 heterocycles. The number of azide groups is 1. The quantitative estimate of drug-likeness (QED) is 0.0646. The van der Waals surface area contributed by atoms with Gasteiger partial charge in [-0.1, -0.05) is 10.3 Å². The van der Waals surface area contributed by atoms with Crippen molar-refractivity contribution in [2.24, 2.45) is 5.11 Å². The number of nitrogen functional groups attached to an aromatic ring is 2. The second-order valence-corrected chi connectivity index (χ2v) is 9.76. The fourth-order valence-electron chi connectivity index (χ4n) is 3.27. The van der Waals surface area contributed by atoms with Gasteiger partial charge in [0.1, 0.15) is 0 Å². The Kier molecular flexibility index (Phi) is 17.1. The average molecular weight is 636 g/mol. The number of terminal acetylenes is 1. The summed E-state index contributed by atoms with van der Waals surface area (Å²) < 4.78 is 1.88. The Morgan fingerprint density at radius 2 is 1.61 bits per heavy atom. The standard InChI is InChI=1S/C13H16N6S.C7H9N3.C5H5N3S.2ClH/c14-13-15-6-11(16-13)2-1-3-12-8-19(18-17-12)7-10-4-5-20-9-10;1-2-3-4-6-5-9-7(8)10-6;6-8-7-3-5-1-2-9-4-5;;/h4-6,8-9H,1-3,7H2,(H3,14,15,16);1,5H,3-4H2,(H3,8,9,10);1-2,4H,3H2;2*1H. The van der Waals surface area contributed by atoms with Gasteiger partial charge >= 0.3 is 0 Å². The molecule has 5 aromatic heterocycles. The molecule has 0 aliphatic carbocycles. The molecule has 12 nitrogen and oxygen atoms in total. The first-order valence-electron chi connectivity index (χ1n) is 12.0. The molecule has 0 atom stereocenters. The first kappa shape index (κ1) is 35.0. The molecular weight excluding hydrogens is 603 g/mol. The third kappa shape index (κ3) is 13.8. The van der Waals surface area contributed by atoms with Crippen LogP contribution in [0.5, 0.6) is 0 Å². The minimum atomic E-state index is 0. The third-order valence-electron chi connectivity index (χ3n) is 5.12. The number of nitrogens with two attached hydrogens (primary N) is 2. The van der Waals surface area contributed by atoms with E-state index in [1.807, 2.05) is 27.7 Å². The first-order chi connectivity index (χ1) is 19.1. The number of rotatable bonds is 10. The highest BCUT2D eigenvalue weighted by atomic mass is 35.5. The Morgan fingerprint density at radius 1 is 0.976 bits per heavy atom. The van der Waals surface area contributed by atoms with Gasteiger partial charge in [-0.05, 0) is 69.6 Å². The predicted molar refractivity (Wildman–Crippen MR) is 170 cm³/mol. The lowest BCUT2D eigenvalue weighted by Gasteiger charge is -1.96. The van der Waals surface area contributed by atoms with Crippen molar-refractivity contribution < 1.29 is 0 Å². The Bertz CT molecular complexity index is 1450. The summed E-state index contributed by atoms with van der Waals surface area (Å²) >= 11 is 3.30. The maximum atomic E-state index is 7.93. The van der Waals surface area contributed by atoms with E-state index in [2.05, 4.69) is 63.0 Å². The van der Waals surface area contributed by atoms with Crippen LogP contribution in [0, 0.1) is 12.3 Å². The maximum Gasteiger partial charge on any atom is 0.197 e. The highest BCUT2D eigenvalue weighted by Gasteiger charge is 2.03. The molecule has 0 unspecified atom stereocenters. The second-order valence-electron chi connectivity index (χ2n) is 8.20. The van der Waals surface area contributed by atoms with Gasteiger partial charge < -0.3 is 21.4 Å². The van der Waals surface area contributed by atoms with Crippen LogP contribution in [0.3, 0.4) is 0 Å². The highest BCUT2D eigenvalue weighted by Crippen LogP contribution is 2.09. The summed E-state index contributed by atoms with van der Waals surface area (Å²) in [6.07, 6.45) is 14.9. The van der Waals surface area contributed by atoms with Crippen LogP contribution in [0.2, 0.25) is 0 Å². The van der Waals surface area contributed by atoms with Crippen LogP contribution in [-0.2, 0) is 32.4 Å². The van der Waals surface area contributed by atoms with Crippen LogP contribution in [0.25, 0.3) is 10.4 Å². The lowest BCUT2D eigenvalue weighted by atomic mass is 10.2. The molecule has 0 aromatic carbocycles. The van der Waals surface area contributed by atoms with Crippen molar-refractivity contribution in [3.05, 3.63) is 90.9 Å². The molecule has 0 aliphatic heterocycles. The number of nitrogens with zero attached hydrogens (tertiary/aromatic N) is 8. The van der Waals surface area contributed by atoms with Crippen LogP contribution < -0.4 is 11.5 Å². The summed E-state index contributed by atoms with van der Waals surface area (Å²) in [5.41, 5.74) is 24.2. The van der Waals surface area contributed by atoms with Crippen molar-refractivity contribution in [3.8, 4) is 12.3 Å². The molecular formula is C25H32Cl2N12S2. The van der Waals surface area contributed by atoms with Crippen LogP contribution >= 0.6 is 47.5 Å².